The van der Waals surface area contributed by atoms with Crippen molar-refractivity contribution in [3.05, 3.63) is 35.9 Å². The molecule has 1 saturated carbocycles. The van der Waals surface area contributed by atoms with Gasteiger partial charge in [-0.05, 0) is 24.3 Å². The summed E-state index contributed by atoms with van der Waals surface area (Å²) in [6.07, 6.45) is 5.11. The number of hydrogen-bond acceptors (Lipinski definition) is 1. The van der Waals surface area contributed by atoms with E-state index < -0.39 is 0 Å². The van der Waals surface area contributed by atoms with E-state index in [1.54, 1.807) is 0 Å². The largest absolute Gasteiger partial charge is 0.299 e. The standard InChI is InChI=1S/C16H22O/c1-3-13(4-2)12-15(17)16(10-11-16)14-8-6-5-7-9-14/h5-9,13H,3-4,10-12H2,1-2H3. The summed E-state index contributed by atoms with van der Waals surface area (Å²) in [5.74, 6) is 1.04. The average Bonchev–Trinajstić information content (AvgIpc) is 3.18. The van der Waals surface area contributed by atoms with E-state index in [1.165, 1.54) is 5.56 Å². The summed E-state index contributed by atoms with van der Waals surface area (Å²) in [6, 6.07) is 10.3. The Morgan fingerprint density at radius 2 is 1.76 bits per heavy atom. The van der Waals surface area contributed by atoms with Crippen molar-refractivity contribution in [1.82, 2.24) is 0 Å². The molecule has 0 aliphatic heterocycles. The van der Waals surface area contributed by atoms with Crippen LogP contribution in [-0.2, 0) is 10.2 Å². The SMILES string of the molecule is CCC(CC)CC(=O)C1(c2ccccc2)CC1. The highest BCUT2D eigenvalue weighted by molar-refractivity contribution is 5.93. The van der Waals surface area contributed by atoms with Gasteiger partial charge in [0.05, 0.1) is 5.41 Å². The molecule has 0 spiro atoms. The van der Waals surface area contributed by atoms with Crippen LogP contribution in [0.5, 0.6) is 0 Å². The van der Waals surface area contributed by atoms with Crippen LogP contribution < -0.4 is 0 Å². The molecule has 1 heteroatoms. The Morgan fingerprint density at radius 3 is 2.24 bits per heavy atom. The molecule has 2 rings (SSSR count). The predicted molar refractivity (Wildman–Crippen MR) is 71.1 cm³/mol. The summed E-state index contributed by atoms with van der Waals surface area (Å²) in [7, 11) is 0. The monoisotopic (exact) mass is 230 g/mol. The molecule has 92 valence electrons. The zero-order valence-corrected chi connectivity index (χ0v) is 10.9. The van der Waals surface area contributed by atoms with Crippen LogP contribution in [0, 0.1) is 5.92 Å². The Morgan fingerprint density at radius 1 is 1.18 bits per heavy atom. The topological polar surface area (TPSA) is 17.1 Å². The molecule has 0 unspecified atom stereocenters. The minimum atomic E-state index is -0.107. The van der Waals surface area contributed by atoms with Gasteiger partial charge in [-0.3, -0.25) is 4.79 Å². The first-order valence-electron chi connectivity index (χ1n) is 6.81. The van der Waals surface area contributed by atoms with Crippen LogP contribution in [0.15, 0.2) is 30.3 Å². The molecule has 1 aromatic rings. The molecule has 0 atom stereocenters. The van der Waals surface area contributed by atoms with Crippen molar-refractivity contribution < 1.29 is 4.79 Å². The summed E-state index contributed by atoms with van der Waals surface area (Å²) in [6.45, 7) is 4.37. The predicted octanol–water partition coefficient (Wildman–Crippen LogP) is 4.11. The Balaban J connectivity index is 2.09. The van der Waals surface area contributed by atoms with E-state index in [1.807, 2.05) is 18.2 Å². The van der Waals surface area contributed by atoms with E-state index in [9.17, 15) is 4.79 Å². The fraction of sp³-hybridized carbons (Fsp3) is 0.562. The van der Waals surface area contributed by atoms with Crippen LogP contribution in [0.2, 0.25) is 0 Å². The minimum absolute atomic E-state index is 0.107. The maximum absolute atomic E-state index is 12.5. The van der Waals surface area contributed by atoms with E-state index in [0.29, 0.717) is 11.7 Å². The van der Waals surface area contributed by atoms with E-state index in [2.05, 4.69) is 26.0 Å². The van der Waals surface area contributed by atoms with E-state index in [0.717, 1.165) is 32.1 Å². The molecular weight excluding hydrogens is 208 g/mol. The molecule has 0 amide bonds. The summed E-state index contributed by atoms with van der Waals surface area (Å²) in [5, 5.41) is 0. The highest BCUT2D eigenvalue weighted by Gasteiger charge is 2.50. The molecule has 0 heterocycles. The number of ketones is 1. The lowest BCUT2D eigenvalue weighted by molar-refractivity contribution is -0.122. The van der Waals surface area contributed by atoms with Crippen molar-refractivity contribution in [3.8, 4) is 0 Å². The van der Waals surface area contributed by atoms with Crippen LogP contribution in [-0.4, -0.2) is 5.78 Å². The molecule has 1 aliphatic rings. The van der Waals surface area contributed by atoms with Crippen molar-refractivity contribution >= 4 is 5.78 Å². The van der Waals surface area contributed by atoms with E-state index in [4.69, 9.17) is 0 Å². The zero-order chi connectivity index (χ0) is 12.3. The number of benzene rings is 1. The van der Waals surface area contributed by atoms with Gasteiger partial charge in [0.2, 0.25) is 0 Å². The van der Waals surface area contributed by atoms with Crippen LogP contribution in [0.3, 0.4) is 0 Å². The van der Waals surface area contributed by atoms with Crippen LogP contribution in [0.25, 0.3) is 0 Å². The number of hydrogen-bond donors (Lipinski definition) is 0. The molecule has 1 aromatic carbocycles. The fourth-order valence-electron chi connectivity index (χ4n) is 2.65. The summed E-state index contributed by atoms with van der Waals surface area (Å²) in [4.78, 5) is 12.5. The summed E-state index contributed by atoms with van der Waals surface area (Å²) >= 11 is 0. The molecular formula is C16H22O. The van der Waals surface area contributed by atoms with Crippen molar-refractivity contribution in [2.24, 2.45) is 5.92 Å². The molecule has 0 N–H and O–H groups in total. The average molecular weight is 230 g/mol. The van der Waals surface area contributed by atoms with E-state index >= 15 is 0 Å². The van der Waals surface area contributed by atoms with Gasteiger partial charge in [0.25, 0.3) is 0 Å². The quantitative estimate of drug-likeness (QED) is 0.718. The zero-order valence-electron chi connectivity index (χ0n) is 10.9. The second kappa shape index (κ2) is 5.03. The first kappa shape index (κ1) is 12.3. The second-order valence-electron chi connectivity index (χ2n) is 5.26. The third-order valence-electron chi connectivity index (χ3n) is 4.24. The summed E-state index contributed by atoms with van der Waals surface area (Å²) < 4.78 is 0. The van der Waals surface area contributed by atoms with Gasteiger partial charge in [0, 0.05) is 6.42 Å². The smallest absolute Gasteiger partial charge is 0.143 e. The molecule has 0 radical (unpaired) electrons. The normalized spacial score (nSPS) is 17.1. The maximum atomic E-state index is 12.5. The van der Waals surface area contributed by atoms with Gasteiger partial charge in [-0.15, -0.1) is 0 Å². The molecule has 0 aromatic heterocycles. The third-order valence-corrected chi connectivity index (χ3v) is 4.24. The van der Waals surface area contributed by atoms with Crippen molar-refractivity contribution in [2.45, 2.75) is 51.4 Å². The molecule has 0 bridgehead atoms. The van der Waals surface area contributed by atoms with Gasteiger partial charge in [0.15, 0.2) is 0 Å². The summed E-state index contributed by atoms with van der Waals surface area (Å²) in [5.41, 5.74) is 1.13. The fourth-order valence-corrected chi connectivity index (χ4v) is 2.65. The first-order chi connectivity index (χ1) is 8.23. The number of Topliss-reactive ketones (excluding diaryl/α,β-unsaturated/α-hetero) is 1. The molecule has 1 fully saturated rings. The lowest BCUT2D eigenvalue weighted by Crippen LogP contribution is -2.22. The first-order valence-corrected chi connectivity index (χ1v) is 6.81. The number of rotatable bonds is 6. The molecule has 1 aliphatic carbocycles. The highest BCUT2D eigenvalue weighted by Crippen LogP contribution is 2.50. The molecule has 0 saturated heterocycles. The van der Waals surface area contributed by atoms with Crippen molar-refractivity contribution in [3.63, 3.8) is 0 Å². The second-order valence-corrected chi connectivity index (χ2v) is 5.26. The lowest BCUT2D eigenvalue weighted by atomic mass is 9.85. The van der Waals surface area contributed by atoms with Crippen molar-refractivity contribution in [1.29, 1.82) is 0 Å². The van der Waals surface area contributed by atoms with Crippen LogP contribution in [0.1, 0.15) is 51.5 Å². The van der Waals surface area contributed by atoms with Crippen LogP contribution >= 0.6 is 0 Å². The Labute approximate surface area is 104 Å². The van der Waals surface area contributed by atoms with Gasteiger partial charge in [0.1, 0.15) is 5.78 Å². The lowest BCUT2D eigenvalue weighted by Gasteiger charge is -2.18. The van der Waals surface area contributed by atoms with Crippen molar-refractivity contribution in [2.75, 3.05) is 0 Å². The number of carbonyl (C=O) groups is 1. The van der Waals surface area contributed by atoms with Gasteiger partial charge in [-0.1, -0.05) is 57.0 Å². The molecule has 1 nitrogen and oxygen atoms in total. The third kappa shape index (κ3) is 2.43. The van der Waals surface area contributed by atoms with Gasteiger partial charge < -0.3 is 0 Å². The Kier molecular flexibility index (Phi) is 3.66. The number of carbonyl (C=O) groups excluding carboxylic acids is 1. The van der Waals surface area contributed by atoms with Gasteiger partial charge in [-0.25, -0.2) is 0 Å². The van der Waals surface area contributed by atoms with Gasteiger partial charge >= 0.3 is 0 Å². The van der Waals surface area contributed by atoms with Gasteiger partial charge in [-0.2, -0.15) is 0 Å². The van der Waals surface area contributed by atoms with Crippen LogP contribution in [0.4, 0.5) is 0 Å². The van der Waals surface area contributed by atoms with E-state index in [-0.39, 0.29) is 5.41 Å². The minimum Gasteiger partial charge on any atom is -0.299 e. The maximum Gasteiger partial charge on any atom is 0.143 e. The Bertz CT molecular complexity index is 372. The highest BCUT2D eigenvalue weighted by atomic mass is 16.1. The Hall–Kier alpha value is -1.11. The molecule has 17 heavy (non-hydrogen) atoms.